The van der Waals surface area contributed by atoms with E-state index in [1.54, 1.807) is 62.6 Å². The van der Waals surface area contributed by atoms with Crippen molar-refractivity contribution >= 4 is 39.3 Å². The van der Waals surface area contributed by atoms with Crippen molar-refractivity contribution in [1.82, 2.24) is 10.2 Å². The topological polar surface area (TPSA) is 105 Å². The monoisotopic (exact) mass is 627 g/mol. The highest BCUT2D eigenvalue weighted by atomic mass is 32.2. The van der Waals surface area contributed by atoms with Crippen LogP contribution in [0.2, 0.25) is 0 Å². The number of carbonyl (C=O) groups is 2. The zero-order valence-electron chi connectivity index (χ0n) is 25.6. The highest BCUT2D eigenvalue weighted by Gasteiger charge is 2.35. The third-order valence-corrected chi connectivity index (χ3v) is 9.21. The molecular formula is C32H41N3O6S2. The fourth-order valence-electron chi connectivity index (χ4n) is 4.56. The standard InChI is InChI=1S/C32H41N3O6S2/c1-7-28(32(37)33-23(3)4)34(21-24-13-15-25(40-5)16-14-24)31(36)22-35(29-11-9-10-12-30(29)41-8-2)43(38,39)27-19-17-26(42-6)18-20-27/h9-20,23,28H,7-8,21-22H2,1-6H3,(H,33,37). The average Bonchev–Trinajstić information content (AvgIpc) is 3.00. The summed E-state index contributed by atoms with van der Waals surface area (Å²) in [7, 11) is -2.66. The summed E-state index contributed by atoms with van der Waals surface area (Å²) in [5.74, 6) is 0.144. The van der Waals surface area contributed by atoms with Crippen LogP contribution in [0.5, 0.6) is 11.5 Å². The van der Waals surface area contributed by atoms with Gasteiger partial charge in [-0.1, -0.05) is 31.2 Å². The Morgan fingerprint density at radius 2 is 1.60 bits per heavy atom. The molecule has 0 saturated heterocycles. The summed E-state index contributed by atoms with van der Waals surface area (Å²) in [6.45, 7) is 7.18. The number of carbonyl (C=O) groups excluding carboxylic acids is 2. The smallest absolute Gasteiger partial charge is 0.264 e. The lowest BCUT2D eigenvalue weighted by atomic mass is 10.1. The van der Waals surface area contributed by atoms with Gasteiger partial charge in [-0.25, -0.2) is 8.42 Å². The van der Waals surface area contributed by atoms with Crippen LogP contribution in [0, 0.1) is 0 Å². The quantitative estimate of drug-likeness (QED) is 0.227. The summed E-state index contributed by atoms with van der Waals surface area (Å²) in [6.07, 6.45) is 2.24. The number of benzene rings is 3. The zero-order valence-corrected chi connectivity index (χ0v) is 27.2. The van der Waals surface area contributed by atoms with E-state index in [-0.39, 0.29) is 29.1 Å². The second kappa shape index (κ2) is 15.7. The van der Waals surface area contributed by atoms with E-state index in [4.69, 9.17) is 9.47 Å². The third-order valence-electron chi connectivity index (χ3n) is 6.69. The van der Waals surface area contributed by atoms with E-state index >= 15 is 0 Å². The first-order chi connectivity index (χ1) is 20.5. The third kappa shape index (κ3) is 8.67. The minimum absolute atomic E-state index is 0.0377. The van der Waals surface area contributed by atoms with Gasteiger partial charge in [0.05, 0.1) is 24.3 Å². The Morgan fingerprint density at radius 1 is 0.953 bits per heavy atom. The number of nitrogens with one attached hydrogen (secondary N) is 1. The predicted octanol–water partition coefficient (Wildman–Crippen LogP) is 5.34. The molecule has 0 aromatic heterocycles. The molecule has 3 aromatic rings. The van der Waals surface area contributed by atoms with Gasteiger partial charge in [-0.05, 0) is 87.5 Å². The summed E-state index contributed by atoms with van der Waals surface area (Å²) in [5, 5.41) is 2.90. The van der Waals surface area contributed by atoms with Gasteiger partial charge in [0.25, 0.3) is 10.0 Å². The molecule has 2 amide bonds. The molecule has 1 unspecified atom stereocenters. The fraction of sp³-hybridized carbons (Fsp3) is 0.375. The highest BCUT2D eigenvalue weighted by molar-refractivity contribution is 7.98. The number of nitrogens with zero attached hydrogens (tertiary/aromatic N) is 2. The molecule has 1 N–H and O–H groups in total. The molecule has 0 saturated carbocycles. The first-order valence-corrected chi connectivity index (χ1v) is 16.8. The van der Waals surface area contributed by atoms with Gasteiger partial charge in [-0.3, -0.25) is 13.9 Å². The number of anilines is 1. The number of hydrogen-bond acceptors (Lipinski definition) is 7. The maximum atomic E-state index is 14.3. The van der Waals surface area contributed by atoms with Crippen molar-refractivity contribution in [2.75, 3.05) is 30.8 Å². The van der Waals surface area contributed by atoms with Crippen molar-refractivity contribution in [3.63, 3.8) is 0 Å². The Balaban J connectivity index is 2.11. The summed E-state index contributed by atoms with van der Waals surface area (Å²) >= 11 is 1.50. The van der Waals surface area contributed by atoms with Gasteiger partial charge in [0.15, 0.2) is 0 Å². The molecule has 11 heteroatoms. The Hall–Kier alpha value is -3.70. The first kappa shape index (κ1) is 33.8. The van der Waals surface area contributed by atoms with Crippen LogP contribution in [0.15, 0.2) is 82.6 Å². The molecule has 0 aliphatic heterocycles. The number of methoxy groups -OCH3 is 1. The Labute approximate surface area is 259 Å². The molecule has 1 atom stereocenters. The summed E-state index contributed by atoms with van der Waals surface area (Å²) in [5.41, 5.74) is 0.998. The Bertz CT molecular complexity index is 1460. The van der Waals surface area contributed by atoms with E-state index in [0.29, 0.717) is 24.5 Å². The van der Waals surface area contributed by atoms with Crippen LogP contribution in [0.1, 0.15) is 39.7 Å². The minimum atomic E-state index is -4.22. The van der Waals surface area contributed by atoms with E-state index in [2.05, 4.69) is 5.32 Å². The number of sulfonamides is 1. The summed E-state index contributed by atoms with van der Waals surface area (Å²) in [4.78, 5) is 30.0. The molecule has 0 bridgehead atoms. The van der Waals surface area contributed by atoms with Gasteiger partial charge in [-0.2, -0.15) is 0 Å². The average molecular weight is 628 g/mol. The van der Waals surface area contributed by atoms with Crippen molar-refractivity contribution in [2.45, 2.75) is 62.5 Å². The molecule has 3 rings (SSSR count). The van der Waals surface area contributed by atoms with Crippen LogP contribution in [0.4, 0.5) is 5.69 Å². The van der Waals surface area contributed by atoms with Gasteiger partial charge >= 0.3 is 0 Å². The maximum Gasteiger partial charge on any atom is 0.264 e. The van der Waals surface area contributed by atoms with Gasteiger partial charge < -0.3 is 19.7 Å². The molecule has 0 aliphatic rings. The lowest BCUT2D eigenvalue weighted by Gasteiger charge is -2.34. The molecule has 9 nitrogen and oxygen atoms in total. The molecule has 0 heterocycles. The van der Waals surface area contributed by atoms with Gasteiger partial charge in [0, 0.05) is 17.5 Å². The normalized spacial score (nSPS) is 12.0. The number of para-hydroxylation sites is 2. The maximum absolute atomic E-state index is 14.3. The molecule has 3 aromatic carbocycles. The van der Waals surface area contributed by atoms with Crippen LogP contribution in [-0.4, -0.2) is 63.7 Å². The van der Waals surface area contributed by atoms with Crippen molar-refractivity contribution in [3.05, 3.63) is 78.4 Å². The van der Waals surface area contributed by atoms with E-state index in [0.717, 1.165) is 14.8 Å². The SMILES string of the molecule is CCOc1ccccc1N(CC(=O)N(Cc1ccc(OC)cc1)C(CC)C(=O)NC(C)C)S(=O)(=O)c1ccc(SC)cc1. The summed E-state index contributed by atoms with van der Waals surface area (Å²) in [6, 6.07) is 19.5. The van der Waals surface area contributed by atoms with E-state index in [1.165, 1.54) is 28.8 Å². The highest BCUT2D eigenvalue weighted by Crippen LogP contribution is 2.33. The fourth-order valence-corrected chi connectivity index (χ4v) is 6.39. The molecule has 0 aliphatic carbocycles. The predicted molar refractivity (Wildman–Crippen MR) is 171 cm³/mol. The molecular weight excluding hydrogens is 587 g/mol. The Kier molecular flexibility index (Phi) is 12.3. The number of ether oxygens (including phenoxy) is 2. The number of hydrogen-bond donors (Lipinski definition) is 1. The lowest BCUT2D eigenvalue weighted by Crippen LogP contribution is -2.53. The largest absolute Gasteiger partial charge is 0.497 e. The van der Waals surface area contributed by atoms with Crippen LogP contribution >= 0.6 is 11.8 Å². The van der Waals surface area contributed by atoms with Gasteiger partial charge in [-0.15, -0.1) is 11.8 Å². The number of rotatable bonds is 15. The van der Waals surface area contributed by atoms with E-state index in [1.807, 2.05) is 39.2 Å². The number of amides is 2. The molecule has 0 spiro atoms. The van der Waals surface area contributed by atoms with Crippen molar-refractivity contribution < 1.29 is 27.5 Å². The number of thioether (sulfide) groups is 1. The molecule has 232 valence electrons. The van der Waals surface area contributed by atoms with Crippen molar-refractivity contribution in [2.24, 2.45) is 0 Å². The van der Waals surface area contributed by atoms with Crippen molar-refractivity contribution in [3.8, 4) is 11.5 Å². The second-order valence-electron chi connectivity index (χ2n) is 10.0. The lowest BCUT2D eigenvalue weighted by molar-refractivity contribution is -0.140. The summed E-state index contributed by atoms with van der Waals surface area (Å²) < 4.78 is 40.5. The van der Waals surface area contributed by atoms with Crippen LogP contribution in [0.25, 0.3) is 0 Å². The van der Waals surface area contributed by atoms with E-state index in [9.17, 15) is 18.0 Å². The van der Waals surface area contributed by atoms with Gasteiger partial charge in [0.1, 0.15) is 24.1 Å². The van der Waals surface area contributed by atoms with Crippen LogP contribution in [-0.2, 0) is 26.2 Å². The second-order valence-corrected chi connectivity index (χ2v) is 12.8. The molecule has 43 heavy (non-hydrogen) atoms. The molecule has 0 radical (unpaired) electrons. The first-order valence-electron chi connectivity index (χ1n) is 14.2. The van der Waals surface area contributed by atoms with Crippen LogP contribution in [0.3, 0.4) is 0 Å². The van der Waals surface area contributed by atoms with E-state index < -0.39 is 28.5 Å². The Morgan fingerprint density at radius 3 is 2.16 bits per heavy atom. The zero-order chi connectivity index (χ0) is 31.6. The van der Waals surface area contributed by atoms with Gasteiger partial charge in [0.2, 0.25) is 11.8 Å². The van der Waals surface area contributed by atoms with Crippen molar-refractivity contribution in [1.29, 1.82) is 0 Å². The minimum Gasteiger partial charge on any atom is -0.497 e. The van der Waals surface area contributed by atoms with Crippen LogP contribution < -0.4 is 19.1 Å². The molecule has 0 fully saturated rings.